The van der Waals surface area contributed by atoms with E-state index in [0.717, 1.165) is 36.9 Å². The Morgan fingerprint density at radius 1 is 1.29 bits per heavy atom. The zero-order chi connectivity index (χ0) is 10.4. The second-order valence-electron chi connectivity index (χ2n) is 3.56. The summed E-state index contributed by atoms with van der Waals surface area (Å²) in [5, 5.41) is 8.79. The number of benzene rings is 1. The molecule has 14 heavy (non-hydrogen) atoms. The van der Waals surface area contributed by atoms with Gasteiger partial charge in [0.1, 0.15) is 0 Å². The van der Waals surface area contributed by atoms with Gasteiger partial charge in [0.2, 0.25) is 0 Å². The maximum Gasteiger partial charge on any atom is 0.0991 e. The van der Waals surface area contributed by atoms with Crippen LogP contribution in [0.3, 0.4) is 0 Å². The van der Waals surface area contributed by atoms with Gasteiger partial charge in [-0.1, -0.05) is 6.07 Å². The quantitative estimate of drug-likeness (QED) is 0.736. The van der Waals surface area contributed by atoms with Gasteiger partial charge in [0, 0.05) is 0 Å². The van der Waals surface area contributed by atoms with E-state index in [1.54, 1.807) is 0 Å². The number of nitrogens with zero attached hydrogens (tertiary/aromatic N) is 1. The van der Waals surface area contributed by atoms with Gasteiger partial charge in [-0.3, -0.25) is 0 Å². The molecule has 0 saturated carbocycles. The summed E-state index contributed by atoms with van der Waals surface area (Å²) in [6.45, 7) is 2.77. The minimum Gasteiger partial charge on any atom is -0.330 e. The SMILES string of the molecule is Cc1cc(C#N)cc(CCCCN)c1. The first-order chi connectivity index (χ1) is 6.76. The lowest BCUT2D eigenvalue weighted by Crippen LogP contribution is -1.99. The molecule has 2 nitrogen and oxygen atoms in total. The number of nitriles is 1. The summed E-state index contributed by atoms with van der Waals surface area (Å²) in [6, 6.07) is 8.18. The summed E-state index contributed by atoms with van der Waals surface area (Å²) in [6.07, 6.45) is 3.17. The summed E-state index contributed by atoms with van der Waals surface area (Å²) in [4.78, 5) is 0. The second-order valence-corrected chi connectivity index (χ2v) is 3.56. The molecule has 1 aromatic carbocycles. The number of rotatable bonds is 4. The van der Waals surface area contributed by atoms with Crippen LogP contribution in [-0.2, 0) is 6.42 Å². The van der Waals surface area contributed by atoms with E-state index < -0.39 is 0 Å². The largest absolute Gasteiger partial charge is 0.330 e. The summed E-state index contributed by atoms with van der Waals surface area (Å²) in [5.41, 5.74) is 8.59. The van der Waals surface area contributed by atoms with Crippen molar-refractivity contribution in [2.75, 3.05) is 6.54 Å². The first kappa shape index (κ1) is 10.7. The minimum atomic E-state index is 0.747. The normalized spacial score (nSPS) is 9.79. The molecular formula is C12H16N2. The molecule has 0 fully saturated rings. The molecule has 0 bridgehead atoms. The van der Waals surface area contributed by atoms with Crippen LogP contribution in [-0.4, -0.2) is 6.54 Å². The van der Waals surface area contributed by atoms with Crippen LogP contribution < -0.4 is 5.73 Å². The molecule has 74 valence electrons. The Morgan fingerprint density at radius 3 is 2.71 bits per heavy atom. The number of aryl methyl sites for hydroxylation is 2. The lowest BCUT2D eigenvalue weighted by molar-refractivity contribution is 0.744. The van der Waals surface area contributed by atoms with Crippen LogP contribution in [0.4, 0.5) is 0 Å². The molecule has 0 spiro atoms. The Kier molecular flexibility index (Phi) is 4.15. The molecule has 0 aliphatic rings. The van der Waals surface area contributed by atoms with Crippen molar-refractivity contribution in [3.63, 3.8) is 0 Å². The van der Waals surface area contributed by atoms with Crippen LogP contribution in [0, 0.1) is 18.3 Å². The number of unbranched alkanes of at least 4 members (excludes halogenated alkanes) is 1. The van der Waals surface area contributed by atoms with Crippen LogP contribution in [0.1, 0.15) is 29.5 Å². The van der Waals surface area contributed by atoms with E-state index in [0.29, 0.717) is 0 Å². The van der Waals surface area contributed by atoms with Crippen molar-refractivity contribution in [2.24, 2.45) is 5.73 Å². The fraction of sp³-hybridized carbons (Fsp3) is 0.417. The van der Waals surface area contributed by atoms with E-state index >= 15 is 0 Å². The van der Waals surface area contributed by atoms with E-state index in [9.17, 15) is 0 Å². The molecular weight excluding hydrogens is 172 g/mol. The Labute approximate surface area is 85.4 Å². The molecule has 2 heteroatoms. The van der Waals surface area contributed by atoms with E-state index in [2.05, 4.69) is 12.1 Å². The Hall–Kier alpha value is -1.33. The highest BCUT2D eigenvalue weighted by Gasteiger charge is 1.97. The predicted octanol–water partition coefficient (Wildman–Crippen LogP) is 2.15. The van der Waals surface area contributed by atoms with Crippen LogP contribution in [0.25, 0.3) is 0 Å². The Morgan fingerprint density at radius 2 is 2.07 bits per heavy atom. The molecule has 0 aliphatic heterocycles. The average Bonchev–Trinajstić information content (AvgIpc) is 2.17. The smallest absolute Gasteiger partial charge is 0.0991 e. The van der Waals surface area contributed by atoms with E-state index in [-0.39, 0.29) is 0 Å². The molecule has 2 N–H and O–H groups in total. The van der Waals surface area contributed by atoms with Crippen molar-refractivity contribution in [3.8, 4) is 6.07 Å². The molecule has 1 aromatic rings. The third-order valence-electron chi connectivity index (χ3n) is 2.19. The number of hydrogen-bond donors (Lipinski definition) is 1. The van der Waals surface area contributed by atoms with Crippen molar-refractivity contribution in [3.05, 3.63) is 34.9 Å². The van der Waals surface area contributed by atoms with E-state index in [1.165, 1.54) is 5.56 Å². The van der Waals surface area contributed by atoms with E-state index in [4.69, 9.17) is 11.0 Å². The molecule has 0 amide bonds. The highest BCUT2D eigenvalue weighted by atomic mass is 14.5. The van der Waals surface area contributed by atoms with Crippen molar-refractivity contribution >= 4 is 0 Å². The number of nitrogens with two attached hydrogens (primary N) is 1. The van der Waals surface area contributed by atoms with Crippen LogP contribution in [0.2, 0.25) is 0 Å². The fourth-order valence-electron chi connectivity index (χ4n) is 1.54. The maximum absolute atomic E-state index is 8.79. The van der Waals surface area contributed by atoms with Gasteiger partial charge in [-0.25, -0.2) is 0 Å². The van der Waals surface area contributed by atoms with Crippen molar-refractivity contribution in [1.29, 1.82) is 5.26 Å². The zero-order valence-electron chi connectivity index (χ0n) is 8.59. The standard InChI is InChI=1S/C12H16N2/c1-10-6-11(4-2-3-5-13)8-12(7-10)9-14/h6-8H,2-5,13H2,1H3. The van der Waals surface area contributed by atoms with Gasteiger partial charge in [-0.2, -0.15) is 5.26 Å². The lowest BCUT2D eigenvalue weighted by Gasteiger charge is -2.02. The summed E-state index contributed by atoms with van der Waals surface area (Å²) in [5.74, 6) is 0. The molecule has 0 unspecified atom stereocenters. The van der Waals surface area contributed by atoms with Gasteiger partial charge in [-0.15, -0.1) is 0 Å². The Bertz CT molecular complexity index is 337. The van der Waals surface area contributed by atoms with Gasteiger partial charge in [0.15, 0.2) is 0 Å². The predicted molar refractivity (Wildman–Crippen MR) is 57.9 cm³/mol. The summed E-state index contributed by atoms with van der Waals surface area (Å²) in [7, 11) is 0. The van der Waals surface area contributed by atoms with Crippen LogP contribution in [0.5, 0.6) is 0 Å². The summed E-state index contributed by atoms with van der Waals surface area (Å²) >= 11 is 0. The lowest BCUT2D eigenvalue weighted by atomic mass is 10.0. The molecule has 0 heterocycles. The van der Waals surface area contributed by atoms with Crippen LogP contribution in [0.15, 0.2) is 18.2 Å². The molecule has 0 aliphatic carbocycles. The van der Waals surface area contributed by atoms with Gasteiger partial charge < -0.3 is 5.73 Å². The van der Waals surface area contributed by atoms with Gasteiger partial charge in [0.05, 0.1) is 11.6 Å². The van der Waals surface area contributed by atoms with Gasteiger partial charge in [0.25, 0.3) is 0 Å². The molecule has 0 aromatic heterocycles. The zero-order valence-corrected chi connectivity index (χ0v) is 8.59. The van der Waals surface area contributed by atoms with E-state index in [1.807, 2.05) is 19.1 Å². The topological polar surface area (TPSA) is 49.8 Å². The number of hydrogen-bond acceptors (Lipinski definition) is 2. The fourth-order valence-corrected chi connectivity index (χ4v) is 1.54. The van der Waals surface area contributed by atoms with Crippen molar-refractivity contribution < 1.29 is 0 Å². The Balaban J connectivity index is 2.68. The van der Waals surface area contributed by atoms with Crippen LogP contribution >= 0.6 is 0 Å². The summed E-state index contributed by atoms with van der Waals surface area (Å²) < 4.78 is 0. The third-order valence-corrected chi connectivity index (χ3v) is 2.19. The molecule has 0 atom stereocenters. The third kappa shape index (κ3) is 3.20. The second kappa shape index (κ2) is 5.41. The minimum absolute atomic E-state index is 0.747. The highest BCUT2D eigenvalue weighted by molar-refractivity contribution is 5.36. The monoisotopic (exact) mass is 188 g/mol. The highest BCUT2D eigenvalue weighted by Crippen LogP contribution is 2.11. The molecule has 0 saturated heterocycles. The average molecular weight is 188 g/mol. The van der Waals surface area contributed by atoms with Crippen molar-refractivity contribution in [2.45, 2.75) is 26.2 Å². The molecule has 1 rings (SSSR count). The first-order valence-corrected chi connectivity index (χ1v) is 4.97. The molecule has 0 radical (unpaired) electrons. The van der Waals surface area contributed by atoms with Gasteiger partial charge >= 0.3 is 0 Å². The van der Waals surface area contributed by atoms with Crippen molar-refractivity contribution in [1.82, 2.24) is 0 Å². The first-order valence-electron chi connectivity index (χ1n) is 4.97. The van der Waals surface area contributed by atoms with Gasteiger partial charge in [-0.05, 0) is 56.0 Å². The maximum atomic E-state index is 8.79.